The highest BCUT2D eigenvalue weighted by atomic mass is 15.3. The van der Waals surface area contributed by atoms with Gasteiger partial charge in [-0.15, -0.1) is 0 Å². The van der Waals surface area contributed by atoms with Gasteiger partial charge >= 0.3 is 0 Å². The zero-order chi connectivity index (χ0) is 13.8. The molecule has 1 saturated carbocycles. The van der Waals surface area contributed by atoms with Crippen LogP contribution in [0.15, 0.2) is 4.99 Å². The lowest BCUT2D eigenvalue weighted by molar-refractivity contribution is 0.148. The minimum Gasteiger partial charge on any atom is -0.370 e. The Balaban J connectivity index is 1.65. The van der Waals surface area contributed by atoms with E-state index in [-0.39, 0.29) is 0 Å². The van der Waals surface area contributed by atoms with Crippen LogP contribution in [0.4, 0.5) is 0 Å². The molecular formula is C14H29N5. The van der Waals surface area contributed by atoms with Gasteiger partial charge in [0, 0.05) is 25.7 Å². The minimum atomic E-state index is 0.652. The standard InChI is InChI=1S/C14H29N5/c1-17(2)12-6-9-19(10-7-12)11-8-16-14(15)18(3)13-4-5-13/h12-13H,4-11H2,1-3H3,(H2,15,16). The second-order valence-corrected chi connectivity index (χ2v) is 6.12. The molecule has 0 aromatic rings. The fourth-order valence-corrected chi connectivity index (χ4v) is 2.73. The molecular weight excluding hydrogens is 238 g/mol. The van der Waals surface area contributed by atoms with Crippen LogP contribution < -0.4 is 5.73 Å². The molecule has 1 heterocycles. The molecule has 0 bridgehead atoms. The Labute approximate surface area is 117 Å². The fourth-order valence-electron chi connectivity index (χ4n) is 2.73. The first-order valence-corrected chi connectivity index (χ1v) is 7.49. The number of hydrogen-bond donors (Lipinski definition) is 1. The van der Waals surface area contributed by atoms with Crippen molar-refractivity contribution < 1.29 is 0 Å². The van der Waals surface area contributed by atoms with E-state index in [0.29, 0.717) is 12.0 Å². The van der Waals surface area contributed by atoms with E-state index >= 15 is 0 Å². The molecule has 0 unspecified atom stereocenters. The molecule has 1 saturated heterocycles. The van der Waals surface area contributed by atoms with E-state index in [1.54, 1.807) is 0 Å². The van der Waals surface area contributed by atoms with Gasteiger partial charge in [-0.05, 0) is 52.9 Å². The van der Waals surface area contributed by atoms with Crippen LogP contribution in [0.5, 0.6) is 0 Å². The van der Waals surface area contributed by atoms with E-state index in [9.17, 15) is 0 Å². The van der Waals surface area contributed by atoms with Crippen molar-refractivity contribution in [3.63, 3.8) is 0 Å². The molecule has 1 aliphatic carbocycles. The number of aliphatic imine (C=N–C) groups is 1. The van der Waals surface area contributed by atoms with Crippen LogP contribution in [-0.2, 0) is 0 Å². The number of hydrogen-bond acceptors (Lipinski definition) is 3. The number of nitrogens with two attached hydrogens (primary N) is 1. The molecule has 110 valence electrons. The van der Waals surface area contributed by atoms with Crippen molar-refractivity contribution in [1.29, 1.82) is 0 Å². The van der Waals surface area contributed by atoms with Crippen molar-refractivity contribution in [2.45, 2.75) is 37.8 Å². The summed E-state index contributed by atoms with van der Waals surface area (Å²) in [6.07, 6.45) is 5.08. The molecule has 0 radical (unpaired) electrons. The van der Waals surface area contributed by atoms with E-state index in [1.165, 1.54) is 38.8 Å². The van der Waals surface area contributed by atoms with Crippen LogP contribution >= 0.6 is 0 Å². The van der Waals surface area contributed by atoms with Gasteiger partial charge in [0.05, 0.1) is 6.54 Å². The summed E-state index contributed by atoms with van der Waals surface area (Å²) >= 11 is 0. The van der Waals surface area contributed by atoms with E-state index in [0.717, 1.165) is 19.1 Å². The number of likely N-dealkylation sites (tertiary alicyclic amines) is 1. The predicted molar refractivity (Wildman–Crippen MR) is 80.4 cm³/mol. The summed E-state index contributed by atoms with van der Waals surface area (Å²) in [5.74, 6) is 0.714. The molecule has 0 aromatic heterocycles. The molecule has 0 spiro atoms. The van der Waals surface area contributed by atoms with Crippen molar-refractivity contribution in [3.05, 3.63) is 0 Å². The molecule has 2 rings (SSSR count). The topological polar surface area (TPSA) is 48.1 Å². The molecule has 2 aliphatic rings. The molecule has 5 heteroatoms. The van der Waals surface area contributed by atoms with Gasteiger partial charge in [0.25, 0.3) is 0 Å². The minimum absolute atomic E-state index is 0.652. The van der Waals surface area contributed by atoms with Gasteiger partial charge in [-0.2, -0.15) is 0 Å². The van der Waals surface area contributed by atoms with E-state index in [2.05, 4.69) is 40.8 Å². The third-order valence-electron chi connectivity index (χ3n) is 4.43. The number of rotatable bonds is 5. The third kappa shape index (κ3) is 4.35. The van der Waals surface area contributed by atoms with E-state index in [1.807, 2.05) is 0 Å². The highest BCUT2D eigenvalue weighted by molar-refractivity contribution is 5.78. The average Bonchev–Trinajstić information content (AvgIpc) is 3.22. The zero-order valence-corrected chi connectivity index (χ0v) is 12.7. The van der Waals surface area contributed by atoms with Gasteiger partial charge in [0.2, 0.25) is 0 Å². The summed E-state index contributed by atoms with van der Waals surface area (Å²) in [4.78, 5) is 11.5. The maximum Gasteiger partial charge on any atom is 0.191 e. The van der Waals surface area contributed by atoms with Crippen molar-refractivity contribution in [1.82, 2.24) is 14.7 Å². The summed E-state index contributed by atoms with van der Waals surface area (Å²) in [7, 11) is 6.41. The molecule has 2 N–H and O–H groups in total. The molecule has 0 atom stereocenters. The first kappa shape index (κ1) is 14.6. The predicted octanol–water partition coefficient (Wildman–Crippen LogP) is 0.421. The molecule has 0 amide bonds. The average molecular weight is 267 g/mol. The number of piperidine rings is 1. The van der Waals surface area contributed by atoms with Crippen molar-refractivity contribution in [2.24, 2.45) is 10.7 Å². The highest BCUT2D eigenvalue weighted by Crippen LogP contribution is 2.24. The van der Waals surface area contributed by atoms with E-state index in [4.69, 9.17) is 5.73 Å². The van der Waals surface area contributed by atoms with Crippen molar-refractivity contribution in [2.75, 3.05) is 47.3 Å². The second kappa shape index (κ2) is 6.57. The normalized spacial score (nSPS) is 23.1. The second-order valence-electron chi connectivity index (χ2n) is 6.12. The quantitative estimate of drug-likeness (QED) is 0.579. The van der Waals surface area contributed by atoms with Crippen LogP contribution in [0.3, 0.4) is 0 Å². The molecule has 2 fully saturated rings. The monoisotopic (exact) mass is 267 g/mol. The smallest absolute Gasteiger partial charge is 0.191 e. The summed E-state index contributed by atoms with van der Waals surface area (Å²) in [5, 5.41) is 0. The Hall–Kier alpha value is -0.810. The maximum atomic E-state index is 5.99. The number of guanidine groups is 1. The Morgan fingerprint density at radius 1 is 1.11 bits per heavy atom. The summed E-state index contributed by atoms with van der Waals surface area (Å²) in [6.45, 7) is 4.25. The molecule has 5 nitrogen and oxygen atoms in total. The fraction of sp³-hybridized carbons (Fsp3) is 0.929. The van der Waals surface area contributed by atoms with Crippen LogP contribution in [0.25, 0.3) is 0 Å². The van der Waals surface area contributed by atoms with Crippen molar-refractivity contribution in [3.8, 4) is 0 Å². The molecule has 19 heavy (non-hydrogen) atoms. The van der Waals surface area contributed by atoms with Crippen LogP contribution in [-0.4, -0.2) is 80.1 Å². The first-order chi connectivity index (χ1) is 9.08. The largest absolute Gasteiger partial charge is 0.370 e. The van der Waals surface area contributed by atoms with Gasteiger partial charge in [-0.25, -0.2) is 0 Å². The van der Waals surface area contributed by atoms with Crippen LogP contribution in [0, 0.1) is 0 Å². The molecule has 1 aliphatic heterocycles. The summed E-state index contributed by atoms with van der Waals surface area (Å²) in [5.41, 5.74) is 5.99. The number of nitrogens with zero attached hydrogens (tertiary/aromatic N) is 4. The van der Waals surface area contributed by atoms with Crippen molar-refractivity contribution >= 4 is 5.96 Å². The Morgan fingerprint density at radius 2 is 1.74 bits per heavy atom. The lowest BCUT2D eigenvalue weighted by atomic mass is 10.0. The van der Waals surface area contributed by atoms with Crippen LogP contribution in [0.1, 0.15) is 25.7 Å². The van der Waals surface area contributed by atoms with Gasteiger partial charge in [0.15, 0.2) is 5.96 Å². The van der Waals surface area contributed by atoms with Crippen LogP contribution in [0.2, 0.25) is 0 Å². The Kier molecular flexibility index (Phi) is 5.05. The van der Waals surface area contributed by atoms with Gasteiger partial charge in [0.1, 0.15) is 0 Å². The summed E-state index contributed by atoms with van der Waals surface area (Å²) in [6, 6.07) is 1.41. The maximum absolute atomic E-state index is 5.99. The van der Waals surface area contributed by atoms with Gasteiger partial charge in [-0.3, -0.25) is 4.99 Å². The highest BCUT2D eigenvalue weighted by Gasteiger charge is 2.27. The van der Waals surface area contributed by atoms with Gasteiger partial charge < -0.3 is 20.4 Å². The van der Waals surface area contributed by atoms with E-state index < -0.39 is 0 Å². The lowest BCUT2D eigenvalue weighted by Gasteiger charge is -2.34. The first-order valence-electron chi connectivity index (χ1n) is 7.49. The third-order valence-corrected chi connectivity index (χ3v) is 4.43. The SMILES string of the molecule is CN(C)C1CCN(CCN=C(N)N(C)C2CC2)CC1. The molecule has 0 aromatic carbocycles. The Bertz CT molecular complexity index is 303. The van der Waals surface area contributed by atoms with Gasteiger partial charge in [-0.1, -0.05) is 0 Å². The zero-order valence-electron chi connectivity index (χ0n) is 12.7. The summed E-state index contributed by atoms with van der Waals surface area (Å²) < 4.78 is 0. The Morgan fingerprint density at radius 3 is 2.26 bits per heavy atom. The lowest BCUT2D eigenvalue weighted by Crippen LogP contribution is -2.43.